The Morgan fingerprint density at radius 2 is 0.839 bits per heavy atom. The Morgan fingerprint density at radius 3 is 1.14 bits per heavy atom. The molecule has 93 heavy (non-hydrogen) atoms. The predicted octanol–water partition coefficient (Wildman–Crippen LogP) is 7.61. The maximum atomic E-state index is 13.8. The number of carbonyl (C=O) groups is 4. The number of methoxy groups -OCH3 is 6. The first-order valence-electron chi connectivity index (χ1n) is 29.8. The van der Waals surface area contributed by atoms with E-state index in [0.29, 0.717) is 85.7 Å². The van der Waals surface area contributed by atoms with Crippen LogP contribution in [-0.2, 0) is 49.2 Å². The second kappa shape index (κ2) is 37.7. The first kappa shape index (κ1) is 77.7. The normalized spacial score (nSPS) is 14.1. The number of benzene rings is 4. The summed E-state index contributed by atoms with van der Waals surface area (Å²) < 4.78 is 55.7. The van der Waals surface area contributed by atoms with E-state index in [1.807, 2.05) is 66.1 Å². The lowest BCUT2D eigenvalue weighted by molar-refractivity contribution is -0.767. The minimum atomic E-state index is -2.34. The van der Waals surface area contributed by atoms with E-state index in [4.69, 9.17) is 47.4 Å². The zero-order valence-corrected chi connectivity index (χ0v) is 55.2. The molecule has 4 rings (SSSR count). The molecule has 6 unspecified atom stereocenters. The molecule has 0 heterocycles. The van der Waals surface area contributed by atoms with E-state index in [-0.39, 0.29) is 40.6 Å². The summed E-state index contributed by atoms with van der Waals surface area (Å²) in [6.07, 6.45) is -2.04. The fraction of sp³-hybridized carbons (Fsp3) is 0.531. The van der Waals surface area contributed by atoms with Crippen LogP contribution >= 0.6 is 0 Å². The second-order valence-electron chi connectivity index (χ2n) is 21.8. The first-order valence-corrected chi connectivity index (χ1v) is 29.8. The molecule has 2 amide bonds. The van der Waals surface area contributed by atoms with Crippen LogP contribution in [0.1, 0.15) is 127 Å². The van der Waals surface area contributed by atoms with Gasteiger partial charge in [-0.2, -0.15) is 10.5 Å². The van der Waals surface area contributed by atoms with Gasteiger partial charge in [-0.1, -0.05) is 51.0 Å². The minimum Gasteiger partial charge on any atom is -0.493 e. The Morgan fingerprint density at radius 1 is 0.516 bits per heavy atom. The van der Waals surface area contributed by atoms with Gasteiger partial charge in [0.1, 0.15) is 12.2 Å². The second-order valence-corrected chi connectivity index (χ2v) is 21.8. The molecule has 510 valence electrons. The average molecular weight is 1310 g/mol. The van der Waals surface area contributed by atoms with Crippen molar-refractivity contribution in [3.8, 4) is 58.1 Å². The third-order valence-electron chi connectivity index (χ3n) is 15.7. The van der Waals surface area contributed by atoms with Gasteiger partial charge in [-0.25, -0.2) is 9.59 Å². The summed E-state index contributed by atoms with van der Waals surface area (Å²) in [5, 5.41) is 45.8. The minimum absolute atomic E-state index is 0. The molecule has 0 aromatic heterocycles. The number of hydrogen-bond acceptors (Lipinski definition) is 24. The van der Waals surface area contributed by atoms with Crippen LogP contribution in [0.4, 0.5) is 0 Å². The summed E-state index contributed by atoms with van der Waals surface area (Å²) >= 11 is 0. The predicted molar refractivity (Wildman–Crippen MR) is 336 cm³/mol. The zero-order chi connectivity index (χ0) is 68.3. The number of carbonyl (C=O) groups excluding carboxylic acids is 4. The molecule has 0 saturated carbocycles. The Kier molecular flexibility index (Phi) is 31.5. The Labute approximate surface area is 541 Å². The van der Waals surface area contributed by atoms with Crippen molar-refractivity contribution in [2.75, 3.05) is 82.9 Å². The molecule has 0 aliphatic heterocycles. The monoisotopic (exact) mass is 1300 g/mol. The summed E-state index contributed by atoms with van der Waals surface area (Å²) in [6, 6.07) is 25.1. The number of amides is 2. The summed E-state index contributed by atoms with van der Waals surface area (Å²) in [5.74, 6) is -4.37. The molecule has 0 bridgehead atoms. The molecular formula is C64H88N8O21. The van der Waals surface area contributed by atoms with E-state index in [0.717, 1.165) is 24.0 Å². The molecule has 29 nitrogen and oxygen atoms in total. The van der Waals surface area contributed by atoms with E-state index in [2.05, 4.69) is 42.2 Å². The summed E-state index contributed by atoms with van der Waals surface area (Å²) in [5.41, 5.74) is 1.46. The van der Waals surface area contributed by atoms with Gasteiger partial charge < -0.3 is 73.2 Å². The lowest BCUT2D eigenvalue weighted by Gasteiger charge is -2.30. The molecule has 0 aliphatic rings. The van der Waals surface area contributed by atoms with Crippen molar-refractivity contribution in [3.05, 3.63) is 115 Å². The van der Waals surface area contributed by atoms with Crippen molar-refractivity contribution in [3.63, 3.8) is 0 Å². The fourth-order valence-corrected chi connectivity index (χ4v) is 10.3. The maximum Gasteiger partial charge on any atom is 0.421 e. The van der Waals surface area contributed by atoms with Gasteiger partial charge in [-0.05, 0) is 164 Å². The van der Waals surface area contributed by atoms with Crippen LogP contribution in [0.15, 0.2) is 72.8 Å². The van der Waals surface area contributed by atoms with Gasteiger partial charge in [-0.3, -0.25) is 19.4 Å². The number of nitrogens with zero attached hydrogens (tertiary/aromatic N) is 6. The van der Waals surface area contributed by atoms with Crippen molar-refractivity contribution in [2.24, 2.45) is 0 Å². The van der Waals surface area contributed by atoms with Gasteiger partial charge in [0.15, 0.2) is 46.0 Å². The van der Waals surface area contributed by atoms with Crippen molar-refractivity contribution in [1.82, 2.24) is 20.4 Å². The third-order valence-corrected chi connectivity index (χ3v) is 15.7. The van der Waals surface area contributed by atoms with Crippen LogP contribution in [0.5, 0.6) is 46.0 Å². The quantitative estimate of drug-likeness (QED) is 0.0142. The maximum absolute atomic E-state index is 13.8. The molecular weight excluding hydrogens is 1220 g/mol. The van der Waals surface area contributed by atoms with Crippen LogP contribution in [0.25, 0.3) is 0 Å². The largest absolute Gasteiger partial charge is 0.493 e. The highest BCUT2D eigenvalue weighted by Crippen LogP contribution is 2.42. The third kappa shape index (κ3) is 21.8. The molecule has 0 aliphatic carbocycles. The first-order chi connectivity index (χ1) is 43.8. The van der Waals surface area contributed by atoms with Gasteiger partial charge in [0.05, 0.1) is 65.6 Å². The smallest absolute Gasteiger partial charge is 0.421 e. The average Bonchev–Trinajstić information content (AvgIpc) is 0.850. The van der Waals surface area contributed by atoms with E-state index in [9.17, 15) is 49.9 Å². The van der Waals surface area contributed by atoms with Crippen molar-refractivity contribution >= 4 is 23.8 Å². The van der Waals surface area contributed by atoms with Gasteiger partial charge >= 0.3 is 36.3 Å². The Hall–Kier alpha value is -9.58. The summed E-state index contributed by atoms with van der Waals surface area (Å²) in [7, 11) is 12.6. The molecule has 0 radical (unpaired) electrons. The van der Waals surface area contributed by atoms with E-state index in [1.165, 1.54) is 40.2 Å². The standard InChI is InChI=1S/C64H86N8O20.H2O/c1-15-27-63(39-65,47-21-25-49(81-9)55(35-47)85-13)29-17-31-69(7)43(5)45-19-23-51(53(33-45)83-11)87-61(57(73)67-37-41(3)91-71(77)78)89-59(75)60(76)90-62(58(74)68-38-42(4)92-72(79)80)88-52-24-20-46(34-54(52)84-12)44(6)70(8)32-18-30-64(40-66,28-16-2)48-22-26-50(82-10)56(36-48)86-14;/h19-26,33-36,41-44,61-62H,15-18,27-32,37-38H2,1-14H3,(H,67,73)(H,68,74);1H2/t41-,42-,43?,44?,61?,62?,63?,64?;/m1./s1. The van der Waals surface area contributed by atoms with Crippen LogP contribution in [0.3, 0.4) is 0 Å². The zero-order valence-electron chi connectivity index (χ0n) is 55.2. The van der Waals surface area contributed by atoms with Gasteiger partial charge in [-0.15, -0.1) is 20.2 Å². The molecule has 29 heteroatoms. The van der Waals surface area contributed by atoms with Crippen molar-refractivity contribution in [2.45, 2.75) is 141 Å². The van der Waals surface area contributed by atoms with Crippen molar-refractivity contribution < 1.29 is 91.9 Å². The van der Waals surface area contributed by atoms with E-state index >= 15 is 0 Å². The topological polar surface area (TPSA) is 375 Å². The molecule has 4 aromatic carbocycles. The van der Waals surface area contributed by atoms with Crippen molar-refractivity contribution in [1.29, 1.82) is 10.5 Å². The highest BCUT2D eigenvalue weighted by molar-refractivity contribution is 6.30. The molecule has 4 N–H and O–H groups in total. The van der Waals surface area contributed by atoms with Gasteiger partial charge in [0.25, 0.3) is 10.2 Å². The number of rotatable bonds is 40. The van der Waals surface area contributed by atoms with Crippen LogP contribution in [-0.4, -0.2) is 157 Å². The Balaban J connectivity index is 0.0000226. The number of esters is 2. The number of hydrogen-bond donors (Lipinski definition) is 2. The number of ether oxygens (including phenoxy) is 10. The van der Waals surface area contributed by atoms with Gasteiger partial charge in [0.2, 0.25) is 0 Å². The molecule has 0 fully saturated rings. The SMILES string of the molecule is CCCC(C#N)(CCCN(C)C(C)c1ccc(OC(OC(=O)C(=O)OC(Oc2ccc(C(C)N(C)CCCC(C#N)(CCC)c3ccc(OC)c(OC)c3)cc2OC)C(=O)NC[C@@H](C)O[N+](=O)[O-])C(=O)NC[C@@H](C)O[N+](=O)[O-])c(OC)c1)c1ccc(OC)c(OC)c1.O. The van der Waals surface area contributed by atoms with E-state index in [1.54, 1.807) is 64.8 Å². The van der Waals surface area contributed by atoms with Crippen LogP contribution in [0.2, 0.25) is 0 Å². The fourth-order valence-electron chi connectivity index (χ4n) is 10.3. The van der Waals surface area contributed by atoms with E-state index < -0.39 is 82.6 Å². The lowest BCUT2D eigenvalue weighted by Crippen LogP contribution is -2.47. The number of nitrogens with one attached hydrogen (secondary N) is 2. The van der Waals surface area contributed by atoms with Crippen LogP contribution in [0, 0.1) is 42.9 Å². The number of nitriles is 2. The highest BCUT2D eigenvalue weighted by Gasteiger charge is 2.37. The summed E-state index contributed by atoms with van der Waals surface area (Å²) in [6.45, 7) is 10.6. The van der Waals surface area contributed by atoms with Crippen LogP contribution < -0.4 is 48.5 Å². The molecule has 8 atom stereocenters. The summed E-state index contributed by atoms with van der Waals surface area (Å²) in [4.78, 5) is 90.4. The Bertz CT molecular complexity index is 3010. The highest BCUT2D eigenvalue weighted by atomic mass is 17.0. The molecule has 4 aromatic rings. The molecule has 0 saturated heterocycles. The van der Waals surface area contributed by atoms with Gasteiger partial charge in [0, 0.05) is 25.2 Å². The lowest BCUT2D eigenvalue weighted by atomic mass is 9.74. The molecule has 0 spiro atoms.